The fourth-order valence-electron chi connectivity index (χ4n) is 2.47. The van der Waals surface area contributed by atoms with Crippen LogP contribution in [0.3, 0.4) is 0 Å². The molecule has 1 heterocycles. The van der Waals surface area contributed by atoms with Crippen molar-refractivity contribution >= 4 is 17.6 Å². The highest BCUT2D eigenvalue weighted by Crippen LogP contribution is 2.23. The number of aromatic carboxylic acids is 1. The molecule has 2 aromatic carbocycles. The molecule has 0 bridgehead atoms. The molecule has 0 fully saturated rings. The number of nitrogens with zero attached hydrogens (tertiary/aromatic N) is 2. The summed E-state index contributed by atoms with van der Waals surface area (Å²) in [5.41, 5.74) is 3.16. The lowest BCUT2D eigenvalue weighted by atomic mass is 10.1. The summed E-state index contributed by atoms with van der Waals surface area (Å²) in [6.07, 6.45) is 1.28. The molecule has 0 aliphatic heterocycles. The van der Waals surface area contributed by atoms with Crippen molar-refractivity contribution in [3.8, 4) is 11.1 Å². The third-order valence-electron chi connectivity index (χ3n) is 3.90. The standard InChI is InChI=1S/C20H16N2O3/c1-22(19(23)16-9-12-18(20(24)25)21-13-16)17-10-7-15(8-11-17)14-5-3-2-4-6-14/h2-13H,1H3,(H,24,25). The van der Waals surface area contributed by atoms with E-state index in [-0.39, 0.29) is 11.6 Å². The second-order valence-electron chi connectivity index (χ2n) is 5.51. The fourth-order valence-corrected chi connectivity index (χ4v) is 2.47. The number of hydrogen-bond acceptors (Lipinski definition) is 3. The number of aromatic nitrogens is 1. The zero-order chi connectivity index (χ0) is 17.8. The van der Waals surface area contributed by atoms with Gasteiger partial charge in [-0.1, -0.05) is 42.5 Å². The summed E-state index contributed by atoms with van der Waals surface area (Å²) in [4.78, 5) is 28.6. The smallest absolute Gasteiger partial charge is 0.354 e. The van der Waals surface area contributed by atoms with E-state index in [4.69, 9.17) is 5.11 Å². The van der Waals surface area contributed by atoms with E-state index in [1.54, 1.807) is 7.05 Å². The Morgan fingerprint density at radius 1 is 0.880 bits per heavy atom. The highest BCUT2D eigenvalue weighted by molar-refractivity contribution is 6.05. The summed E-state index contributed by atoms with van der Waals surface area (Å²) in [6, 6.07) is 20.4. The second-order valence-corrected chi connectivity index (χ2v) is 5.51. The summed E-state index contributed by atoms with van der Waals surface area (Å²) in [5.74, 6) is -1.37. The van der Waals surface area contributed by atoms with Gasteiger partial charge in [-0.05, 0) is 35.4 Å². The maximum absolute atomic E-state index is 12.5. The predicted octanol–water partition coefficient (Wildman–Crippen LogP) is 3.72. The molecule has 5 heteroatoms. The van der Waals surface area contributed by atoms with Crippen LogP contribution in [0.1, 0.15) is 20.8 Å². The van der Waals surface area contributed by atoms with E-state index < -0.39 is 5.97 Å². The highest BCUT2D eigenvalue weighted by Gasteiger charge is 2.15. The van der Waals surface area contributed by atoms with Gasteiger partial charge in [0.15, 0.2) is 0 Å². The van der Waals surface area contributed by atoms with E-state index in [2.05, 4.69) is 4.98 Å². The predicted molar refractivity (Wildman–Crippen MR) is 95.8 cm³/mol. The molecular weight excluding hydrogens is 316 g/mol. The molecule has 1 N–H and O–H groups in total. The molecule has 0 spiro atoms. The first-order chi connectivity index (χ1) is 12.1. The molecule has 25 heavy (non-hydrogen) atoms. The molecule has 0 saturated heterocycles. The van der Waals surface area contributed by atoms with Crippen LogP contribution in [0.5, 0.6) is 0 Å². The van der Waals surface area contributed by atoms with E-state index in [0.29, 0.717) is 5.56 Å². The summed E-state index contributed by atoms with van der Waals surface area (Å²) < 4.78 is 0. The van der Waals surface area contributed by atoms with Crippen molar-refractivity contribution in [1.82, 2.24) is 4.98 Å². The molecule has 0 atom stereocenters. The molecule has 0 saturated carbocycles. The number of amides is 1. The van der Waals surface area contributed by atoms with Crippen LogP contribution < -0.4 is 4.90 Å². The Labute approximate surface area is 145 Å². The van der Waals surface area contributed by atoms with E-state index >= 15 is 0 Å². The molecule has 5 nitrogen and oxygen atoms in total. The zero-order valence-electron chi connectivity index (χ0n) is 13.6. The molecule has 1 amide bonds. The average Bonchev–Trinajstić information content (AvgIpc) is 2.67. The Kier molecular flexibility index (Phi) is 4.57. The summed E-state index contributed by atoms with van der Waals surface area (Å²) in [7, 11) is 1.67. The van der Waals surface area contributed by atoms with Gasteiger partial charge in [-0.3, -0.25) is 4.79 Å². The van der Waals surface area contributed by atoms with E-state index in [9.17, 15) is 9.59 Å². The fraction of sp³-hybridized carbons (Fsp3) is 0.0500. The largest absolute Gasteiger partial charge is 0.477 e. The molecular formula is C20H16N2O3. The van der Waals surface area contributed by atoms with Crippen molar-refractivity contribution in [2.75, 3.05) is 11.9 Å². The Balaban J connectivity index is 1.79. The molecule has 0 unspecified atom stereocenters. The van der Waals surface area contributed by atoms with Gasteiger partial charge in [-0.15, -0.1) is 0 Å². The average molecular weight is 332 g/mol. The van der Waals surface area contributed by atoms with Crippen LogP contribution in [-0.2, 0) is 0 Å². The van der Waals surface area contributed by atoms with Gasteiger partial charge in [0.25, 0.3) is 5.91 Å². The van der Waals surface area contributed by atoms with Crippen LogP contribution in [0, 0.1) is 0 Å². The van der Waals surface area contributed by atoms with E-state index in [0.717, 1.165) is 16.8 Å². The minimum atomic E-state index is -1.12. The number of carboxylic acid groups (broad SMARTS) is 1. The first-order valence-corrected chi connectivity index (χ1v) is 7.69. The van der Waals surface area contributed by atoms with Crippen molar-refractivity contribution in [1.29, 1.82) is 0 Å². The molecule has 1 aromatic heterocycles. The lowest BCUT2D eigenvalue weighted by Gasteiger charge is -2.17. The van der Waals surface area contributed by atoms with Gasteiger partial charge in [-0.25, -0.2) is 9.78 Å². The first-order valence-electron chi connectivity index (χ1n) is 7.69. The van der Waals surface area contributed by atoms with Crippen LogP contribution in [0.4, 0.5) is 5.69 Å². The van der Waals surface area contributed by atoms with Crippen molar-refractivity contribution in [3.05, 3.63) is 84.2 Å². The van der Waals surface area contributed by atoms with Crippen molar-refractivity contribution in [2.45, 2.75) is 0 Å². The van der Waals surface area contributed by atoms with Gasteiger partial charge in [0.2, 0.25) is 0 Å². The second kappa shape index (κ2) is 6.97. The number of pyridine rings is 1. The van der Waals surface area contributed by atoms with E-state index in [1.165, 1.54) is 23.2 Å². The van der Waals surface area contributed by atoms with Crippen molar-refractivity contribution in [2.24, 2.45) is 0 Å². The Morgan fingerprint density at radius 3 is 2.08 bits per heavy atom. The normalized spacial score (nSPS) is 10.3. The summed E-state index contributed by atoms with van der Waals surface area (Å²) in [5, 5.41) is 8.86. The lowest BCUT2D eigenvalue weighted by molar-refractivity contribution is 0.0690. The van der Waals surface area contributed by atoms with Gasteiger partial charge in [0.1, 0.15) is 5.69 Å². The first kappa shape index (κ1) is 16.4. The number of anilines is 1. The number of benzene rings is 2. The Morgan fingerprint density at radius 2 is 1.52 bits per heavy atom. The zero-order valence-corrected chi connectivity index (χ0v) is 13.6. The van der Waals surface area contributed by atoms with Crippen LogP contribution >= 0.6 is 0 Å². The molecule has 0 radical (unpaired) electrons. The van der Waals surface area contributed by atoms with Gasteiger partial charge in [-0.2, -0.15) is 0 Å². The molecule has 3 aromatic rings. The molecule has 0 aliphatic rings. The number of carbonyl (C=O) groups excluding carboxylic acids is 1. The van der Waals surface area contributed by atoms with Gasteiger partial charge >= 0.3 is 5.97 Å². The Bertz CT molecular complexity index is 888. The maximum Gasteiger partial charge on any atom is 0.354 e. The van der Waals surface area contributed by atoms with Gasteiger partial charge < -0.3 is 10.0 Å². The number of carboxylic acids is 1. The third-order valence-corrected chi connectivity index (χ3v) is 3.90. The lowest BCUT2D eigenvalue weighted by Crippen LogP contribution is -2.26. The third kappa shape index (κ3) is 3.55. The number of hydrogen-bond donors (Lipinski definition) is 1. The van der Waals surface area contributed by atoms with Gasteiger partial charge in [0, 0.05) is 18.9 Å². The minimum Gasteiger partial charge on any atom is -0.477 e. The van der Waals surface area contributed by atoms with Crippen LogP contribution in [0.2, 0.25) is 0 Å². The van der Waals surface area contributed by atoms with Crippen LogP contribution in [0.15, 0.2) is 72.9 Å². The van der Waals surface area contributed by atoms with E-state index in [1.807, 2.05) is 54.6 Å². The Hall–Kier alpha value is -3.47. The molecule has 3 rings (SSSR count). The van der Waals surface area contributed by atoms with Crippen molar-refractivity contribution < 1.29 is 14.7 Å². The van der Waals surface area contributed by atoms with Crippen LogP contribution in [0.25, 0.3) is 11.1 Å². The highest BCUT2D eigenvalue weighted by atomic mass is 16.4. The summed E-state index contributed by atoms with van der Waals surface area (Å²) >= 11 is 0. The maximum atomic E-state index is 12.5. The minimum absolute atomic E-state index is 0.0913. The number of rotatable bonds is 4. The van der Waals surface area contributed by atoms with Crippen molar-refractivity contribution in [3.63, 3.8) is 0 Å². The van der Waals surface area contributed by atoms with Gasteiger partial charge in [0.05, 0.1) is 5.56 Å². The SMILES string of the molecule is CN(C(=O)c1ccc(C(=O)O)nc1)c1ccc(-c2ccccc2)cc1. The quantitative estimate of drug-likeness (QED) is 0.790. The molecule has 0 aliphatic carbocycles. The van der Waals surface area contributed by atoms with Crippen LogP contribution in [-0.4, -0.2) is 29.0 Å². The number of carbonyl (C=O) groups is 2. The molecule has 124 valence electrons. The monoisotopic (exact) mass is 332 g/mol. The topological polar surface area (TPSA) is 70.5 Å². The summed E-state index contributed by atoms with van der Waals surface area (Å²) in [6.45, 7) is 0.